The molecule has 1 N–H and O–H groups in total. The van der Waals surface area contributed by atoms with Gasteiger partial charge in [0.25, 0.3) is 5.17 Å². The van der Waals surface area contributed by atoms with Gasteiger partial charge in [-0.05, 0) is 59.4 Å². The van der Waals surface area contributed by atoms with Crippen LogP contribution in [0.5, 0.6) is 0 Å². The van der Waals surface area contributed by atoms with Crippen molar-refractivity contribution in [1.82, 2.24) is 0 Å². The summed E-state index contributed by atoms with van der Waals surface area (Å²) in [6, 6.07) is 5.46. The maximum absolute atomic E-state index is 11.8. The molecule has 6 heteroatoms. The van der Waals surface area contributed by atoms with Crippen LogP contribution in [0.4, 0.5) is 5.69 Å². The van der Waals surface area contributed by atoms with Gasteiger partial charge in [0, 0.05) is 3.57 Å². The molecular formula is C18H26INO3S. The summed E-state index contributed by atoms with van der Waals surface area (Å²) in [5, 5.41) is 3.26. The number of carbonyl (C=O) groups excluding carboxylic acids is 1. The Morgan fingerprint density at radius 3 is 2.50 bits per heavy atom. The van der Waals surface area contributed by atoms with Crippen LogP contribution in [0.25, 0.3) is 0 Å². The molecular weight excluding hydrogens is 437 g/mol. The highest BCUT2D eigenvalue weighted by Gasteiger charge is 2.13. The Morgan fingerprint density at radius 2 is 1.83 bits per heavy atom. The third kappa shape index (κ3) is 8.28. The lowest BCUT2D eigenvalue weighted by Crippen LogP contribution is -2.17. The number of hydrogen-bond acceptors (Lipinski definition) is 4. The number of halogens is 1. The van der Waals surface area contributed by atoms with Crippen LogP contribution in [0, 0.1) is 3.57 Å². The topological polar surface area (TPSA) is 47.6 Å². The van der Waals surface area contributed by atoms with Crippen LogP contribution in [-0.2, 0) is 9.47 Å². The lowest BCUT2D eigenvalue weighted by Gasteiger charge is -2.13. The summed E-state index contributed by atoms with van der Waals surface area (Å²) in [5.74, 6) is -0.397. The molecule has 0 spiro atoms. The Bertz CT molecular complexity index is 537. The SMILES string of the molecule is CCCCCCCCCOC(=S)Nc1ccc(I)cc1C(=O)OC. The molecule has 1 aromatic carbocycles. The molecule has 0 bridgehead atoms. The van der Waals surface area contributed by atoms with Gasteiger partial charge in [-0.25, -0.2) is 4.79 Å². The van der Waals surface area contributed by atoms with Crippen molar-refractivity contribution in [2.24, 2.45) is 0 Å². The van der Waals surface area contributed by atoms with E-state index in [1.54, 1.807) is 12.1 Å². The van der Waals surface area contributed by atoms with Crippen LogP contribution >= 0.6 is 34.8 Å². The second-order valence-electron chi connectivity index (χ2n) is 5.56. The van der Waals surface area contributed by atoms with E-state index in [1.807, 2.05) is 6.07 Å². The lowest BCUT2D eigenvalue weighted by atomic mass is 10.1. The fraction of sp³-hybridized carbons (Fsp3) is 0.556. The van der Waals surface area contributed by atoms with Gasteiger partial charge >= 0.3 is 5.97 Å². The van der Waals surface area contributed by atoms with E-state index in [2.05, 4.69) is 34.8 Å². The third-order valence-corrected chi connectivity index (χ3v) is 4.50. The number of hydrogen-bond donors (Lipinski definition) is 1. The van der Waals surface area contributed by atoms with E-state index in [-0.39, 0.29) is 5.17 Å². The molecule has 0 heterocycles. The van der Waals surface area contributed by atoms with Crippen molar-refractivity contribution >= 4 is 51.6 Å². The molecule has 0 saturated heterocycles. The van der Waals surface area contributed by atoms with Gasteiger partial charge in [0.05, 0.1) is 25.0 Å². The van der Waals surface area contributed by atoms with Gasteiger partial charge in [0.2, 0.25) is 0 Å². The van der Waals surface area contributed by atoms with E-state index in [4.69, 9.17) is 21.7 Å². The molecule has 0 amide bonds. The zero-order chi connectivity index (χ0) is 17.8. The zero-order valence-corrected chi connectivity index (χ0v) is 17.4. The predicted octanol–water partition coefficient (Wildman–Crippen LogP) is 5.54. The molecule has 0 aliphatic carbocycles. The molecule has 0 radical (unpaired) electrons. The van der Waals surface area contributed by atoms with Gasteiger partial charge in [-0.15, -0.1) is 0 Å². The third-order valence-electron chi connectivity index (χ3n) is 3.60. The van der Waals surface area contributed by atoms with E-state index in [9.17, 15) is 4.79 Å². The number of unbranched alkanes of at least 4 members (excludes halogenated alkanes) is 6. The van der Waals surface area contributed by atoms with Crippen molar-refractivity contribution in [2.45, 2.75) is 51.9 Å². The lowest BCUT2D eigenvalue weighted by molar-refractivity contribution is 0.0602. The van der Waals surface area contributed by atoms with Crippen LogP contribution < -0.4 is 5.32 Å². The van der Waals surface area contributed by atoms with E-state index in [1.165, 1.54) is 39.2 Å². The summed E-state index contributed by atoms with van der Waals surface area (Å²) >= 11 is 7.35. The summed E-state index contributed by atoms with van der Waals surface area (Å²) in [4.78, 5) is 11.8. The first-order valence-electron chi connectivity index (χ1n) is 8.40. The standard InChI is InChI=1S/C18H26INO3S/c1-3-4-5-6-7-8-9-12-23-18(24)20-16-11-10-14(19)13-15(16)17(21)22-2/h10-11,13H,3-9,12H2,1-2H3,(H,20,24). The van der Waals surface area contributed by atoms with Crippen molar-refractivity contribution in [1.29, 1.82) is 0 Å². The largest absolute Gasteiger partial charge is 0.471 e. The van der Waals surface area contributed by atoms with Crippen molar-refractivity contribution in [3.05, 3.63) is 27.3 Å². The Morgan fingerprint density at radius 1 is 1.17 bits per heavy atom. The normalized spacial score (nSPS) is 10.3. The number of nitrogens with one attached hydrogen (secondary N) is 1. The van der Waals surface area contributed by atoms with Crippen LogP contribution in [0.2, 0.25) is 0 Å². The number of ether oxygens (including phenoxy) is 2. The number of rotatable bonds is 10. The molecule has 0 aliphatic rings. The Hall–Kier alpha value is -0.890. The number of esters is 1. The van der Waals surface area contributed by atoms with Gasteiger partial charge in [-0.1, -0.05) is 45.4 Å². The number of benzene rings is 1. The molecule has 1 rings (SSSR count). The van der Waals surface area contributed by atoms with Gasteiger partial charge in [0.1, 0.15) is 0 Å². The molecule has 0 atom stereocenters. The predicted molar refractivity (Wildman–Crippen MR) is 111 cm³/mol. The van der Waals surface area contributed by atoms with Crippen molar-refractivity contribution in [3.8, 4) is 0 Å². The zero-order valence-electron chi connectivity index (χ0n) is 14.4. The fourth-order valence-corrected chi connectivity index (χ4v) is 2.96. The van der Waals surface area contributed by atoms with E-state index in [0.29, 0.717) is 17.9 Å². The number of carbonyl (C=O) groups is 1. The fourth-order valence-electron chi connectivity index (χ4n) is 2.27. The summed E-state index contributed by atoms with van der Waals surface area (Å²) < 4.78 is 11.3. The Labute approximate surface area is 163 Å². The van der Waals surface area contributed by atoms with E-state index >= 15 is 0 Å². The average Bonchev–Trinajstić information content (AvgIpc) is 2.58. The first-order valence-corrected chi connectivity index (χ1v) is 9.88. The number of thiocarbonyl (C=S) groups is 1. The first kappa shape index (κ1) is 21.2. The minimum Gasteiger partial charge on any atom is -0.471 e. The minimum absolute atomic E-state index is 0.285. The molecule has 24 heavy (non-hydrogen) atoms. The van der Waals surface area contributed by atoms with E-state index < -0.39 is 5.97 Å². The van der Waals surface area contributed by atoms with Crippen LogP contribution in [0.1, 0.15) is 62.2 Å². The quantitative estimate of drug-likeness (QED) is 0.214. The summed E-state index contributed by atoms with van der Waals surface area (Å²) in [6.07, 6.45) is 8.60. The molecule has 0 saturated carbocycles. The monoisotopic (exact) mass is 463 g/mol. The molecule has 4 nitrogen and oxygen atoms in total. The number of anilines is 1. The molecule has 0 aromatic heterocycles. The van der Waals surface area contributed by atoms with Crippen molar-refractivity contribution in [2.75, 3.05) is 19.0 Å². The maximum Gasteiger partial charge on any atom is 0.340 e. The molecule has 0 aliphatic heterocycles. The second kappa shape index (κ2) is 12.5. The van der Waals surface area contributed by atoms with Crippen molar-refractivity contribution < 1.29 is 14.3 Å². The maximum atomic E-state index is 11.8. The minimum atomic E-state index is -0.397. The smallest absolute Gasteiger partial charge is 0.340 e. The summed E-state index contributed by atoms with van der Waals surface area (Å²) in [6.45, 7) is 2.82. The second-order valence-corrected chi connectivity index (χ2v) is 7.18. The van der Waals surface area contributed by atoms with Gasteiger partial charge < -0.3 is 14.8 Å². The van der Waals surface area contributed by atoms with Gasteiger partial charge in [0.15, 0.2) is 0 Å². The molecule has 134 valence electrons. The van der Waals surface area contributed by atoms with Gasteiger partial charge in [-0.2, -0.15) is 0 Å². The highest BCUT2D eigenvalue weighted by Crippen LogP contribution is 2.20. The molecule has 0 fully saturated rings. The molecule has 0 unspecified atom stereocenters. The Kier molecular flexibility index (Phi) is 11.0. The molecule has 1 aromatic rings. The Balaban J connectivity index is 2.34. The van der Waals surface area contributed by atoms with Gasteiger partial charge in [-0.3, -0.25) is 0 Å². The average molecular weight is 463 g/mol. The first-order chi connectivity index (χ1) is 11.6. The van der Waals surface area contributed by atoms with Crippen LogP contribution in [-0.4, -0.2) is 24.9 Å². The van der Waals surface area contributed by atoms with Crippen LogP contribution in [0.15, 0.2) is 18.2 Å². The van der Waals surface area contributed by atoms with Crippen LogP contribution in [0.3, 0.4) is 0 Å². The van der Waals surface area contributed by atoms with E-state index in [0.717, 1.165) is 16.4 Å². The van der Waals surface area contributed by atoms with Crippen molar-refractivity contribution in [3.63, 3.8) is 0 Å². The number of methoxy groups -OCH3 is 1. The highest BCUT2D eigenvalue weighted by molar-refractivity contribution is 14.1. The summed E-state index contributed by atoms with van der Waals surface area (Å²) in [5.41, 5.74) is 1.05. The summed E-state index contributed by atoms with van der Waals surface area (Å²) in [7, 11) is 1.36. The highest BCUT2D eigenvalue weighted by atomic mass is 127.